The normalized spacial score (nSPS) is 20.0. The van der Waals surface area contributed by atoms with E-state index < -0.39 is 66.9 Å². The highest BCUT2D eigenvalue weighted by Gasteiger charge is 2.40. The number of hydrogen-bond donors (Lipinski definition) is 6. The molecule has 0 bridgehead atoms. The largest absolute Gasteiger partial charge is 0.481 e. The average Bonchev–Trinajstić information content (AvgIpc) is 3.19. The van der Waals surface area contributed by atoms with Crippen molar-refractivity contribution in [1.82, 2.24) is 15.5 Å². The minimum absolute atomic E-state index is 0.225. The van der Waals surface area contributed by atoms with E-state index in [0.717, 1.165) is 0 Å². The lowest BCUT2D eigenvalue weighted by Gasteiger charge is -2.32. The van der Waals surface area contributed by atoms with Crippen LogP contribution in [0, 0.1) is 5.92 Å². The van der Waals surface area contributed by atoms with Gasteiger partial charge >= 0.3 is 11.9 Å². The SMILES string of the molecule is CCC(C)C(NC(=O)C(N)CO)C(=O)N1CCCC1C(=O)NC(CC(=O)O)C(=O)O. The lowest BCUT2D eigenvalue weighted by atomic mass is 9.97. The van der Waals surface area contributed by atoms with Crippen molar-refractivity contribution in [3.63, 3.8) is 0 Å². The molecule has 0 aromatic carbocycles. The molecule has 5 atom stereocenters. The Labute approximate surface area is 173 Å². The molecule has 0 aromatic heterocycles. The van der Waals surface area contributed by atoms with E-state index in [-0.39, 0.29) is 18.9 Å². The van der Waals surface area contributed by atoms with Crippen LogP contribution in [0.3, 0.4) is 0 Å². The van der Waals surface area contributed by atoms with Crippen molar-refractivity contribution in [2.45, 2.75) is 63.7 Å². The summed E-state index contributed by atoms with van der Waals surface area (Å²) in [5.74, 6) is -5.17. The molecule has 12 heteroatoms. The first-order valence-corrected chi connectivity index (χ1v) is 9.75. The summed E-state index contributed by atoms with van der Waals surface area (Å²) in [6.07, 6.45) is 0.494. The first-order valence-electron chi connectivity index (χ1n) is 9.75. The Hall–Kier alpha value is -2.73. The molecule has 1 aliphatic heterocycles. The summed E-state index contributed by atoms with van der Waals surface area (Å²) in [5.41, 5.74) is 5.50. The van der Waals surface area contributed by atoms with Crippen LogP contribution in [0.15, 0.2) is 0 Å². The monoisotopic (exact) mass is 430 g/mol. The van der Waals surface area contributed by atoms with Crippen LogP contribution in [-0.2, 0) is 24.0 Å². The molecule has 1 rings (SSSR count). The third kappa shape index (κ3) is 6.66. The summed E-state index contributed by atoms with van der Waals surface area (Å²) in [6.45, 7) is 3.19. The zero-order chi connectivity index (χ0) is 23.0. The van der Waals surface area contributed by atoms with Crippen molar-refractivity contribution < 1.29 is 39.3 Å². The molecule has 30 heavy (non-hydrogen) atoms. The number of carbonyl (C=O) groups is 5. The number of rotatable bonds is 11. The Morgan fingerprint density at radius 3 is 2.30 bits per heavy atom. The Morgan fingerprint density at radius 1 is 1.17 bits per heavy atom. The molecule has 0 aliphatic carbocycles. The van der Waals surface area contributed by atoms with Crippen LogP contribution in [-0.4, -0.2) is 87.2 Å². The molecule has 3 amide bonds. The van der Waals surface area contributed by atoms with Crippen LogP contribution in [0.4, 0.5) is 0 Å². The van der Waals surface area contributed by atoms with Crippen LogP contribution in [0.2, 0.25) is 0 Å². The third-order valence-electron chi connectivity index (χ3n) is 5.14. The molecule has 1 heterocycles. The number of nitrogens with two attached hydrogens (primary N) is 1. The van der Waals surface area contributed by atoms with Crippen molar-refractivity contribution >= 4 is 29.7 Å². The van der Waals surface area contributed by atoms with E-state index in [1.54, 1.807) is 6.92 Å². The van der Waals surface area contributed by atoms with Gasteiger partial charge in [0.15, 0.2) is 0 Å². The van der Waals surface area contributed by atoms with Gasteiger partial charge in [-0.15, -0.1) is 0 Å². The molecule has 12 nitrogen and oxygen atoms in total. The standard InChI is InChI=1S/C18H30N4O8/c1-3-9(2)14(21-15(26)10(19)8-23)17(28)22-6-4-5-12(22)16(27)20-11(18(29)30)7-13(24)25/h9-12,14,23H,3-8,19H2,1-2H3,(H,20,27)(H,21,26)(H,24,25)(H,29,30). The fraction of sp³-hybridized carbons (Fsp3) is 0.722. The van der Waals surface area contributed by atoms with Gasteiger partial charge in [-0.25, -0.2) is 4.79 Å². The number of carboxylic acid groups (broad SMARTS) is 2. The number of amides is 3. The van der Waals surface area contributed by atoms with Gasteiger partial charge in [0.25, 0.3) is 0 Å². The van der Waals surface area contributed by atoms with E-state index >= 15 is 0 Å². The topological polar surface area (TPSA) is 199 Å². The van der Waals surface area contributed by atoms with E-state index in [2.05, 4.69) is 10.6 Å². The predicted molar refractivity (Wildman–Crippen MR) is 103 cm³/mol. The van der Waals surface area contributed by atoms with Gasteiger partial charge in [-0.3, -0.25) is 19.2 Å². The number of nitrogens with one attached hydrogen (secondary N) is 2. The van der Waals surface area contributed by atoms with Gasteiger partial charge < -0.3 is 36.6 Å². The Bertz CT molecular complexity index is 671. The molecule has 5 unspecified atom stereocenters. The minimum Gasteiger partial charge on any atom is -0.481 e. The molecule has 1 fully saturated rings. The van der Waals surface area contributed by atoms with Crippen molar-refractivity contribution in [2.75, 3.05) is 13.2 Å². The maximum atomic E-state index is 13.1. The van der Waals surface area contributed by atoms with Gasteiger partial charge in [-0.1, -0.05) is 20.3 Å². The van der Waals surface area contributed by atoms with Gasteiger partial charge in [0.05, 0.1) is 13.0 Å². The second-order valence-electron chi connectivity index (χ2n) is 7.35. The molecule has 1 aliphatic rings. The number of aliphatic carboxylic acids is 2. The number of aliphatic hydroxyl groups is 1. The van der Waals surface area contributed by atoms with Crippen LogP contribution >= 0.6 is 0 Å². The Kier molecular flexibility index (Phi) is 9.66. The van der Waals surface area contributed by atoms with Crippen LogP contribution < -0.4 is 16.4 Å². The van der Waals surface area contributed by atoms with Gasteiger partial charge in [0, 0.05) is 6.54 Å². The van der Waals surface area contributed by atoms with Crippen molar-refractivity contribution in [2.24, 2.45) is 11.7 Å². The summed E-state index contributed by atoms with van der Waals surface area (Å²) in [4.78, 5) is 61.1. The first-order chi connectivity index (χ1) is 14.0. The van der Waals surface area contributed by atoms with E-state index in [9.17, 15) is 24.0 Å². The summed E-state index contributed by atoms with van der Waals surface area (Å²) in [7, 11) is 0. The molecule has 170 valence electrons. The highest BCUT2D eigenvalue weighted by atomic mass is 16.4. The third-order valence-corrected chi connectivity index (χ3v) is 5.14. The molecular formula is C18H30N4O8. The highest BCUT2D eigenvalue weighted by Crippen LogP contribution is 2.21. The molecule has 1 saturated heterocycles. The molecule has 0 radical (unpaired) electrons. The van der Waals surface area contributed by atoms with Crippen LogP contribution in [0.25, 0.3) is 0 Å². The average molecular weight is 430 g/mol. The molecule has 7 N–H and O–H groups in total. The Balaban J connectivity index is 2.98. The summed E-state index contributed by atoms with van der Waals surface area (Å²) < 4.78 is 0. The van der Waals surface area contributed by atoms with Crippen molar-refractivity contribution in [3.05, 3.63) is 0 Å². The van der Waals surface area contributed by atoms with Gasteiger partial charge in [-0.2, -0.15) is 0 Å². The number of carbonyl (C=O) groups excluding carboxylic acids is 3. The number of aliphatic hydroxyl groups excluding tert-OH is 1. The molecule has 0 aromatic rings. The predicted octanol–water partition coefficient (Wildman–Crippen LogP) is -2.13. The number of nitrogens with zero attached hydrogens (tertiary/aromatic N) is 1. The van der Waals surface area contributed by atoms with Crippen LogP contribution in [0.1, 0.15) is 39.5 Å². The molecule has 0 saturated carbocycles. The van der Waals surface area contributed by atoms with Crippen LogP contribution in [0.5, 0.6) is 0 Å². The summed E-state index contributed by atoms with van der Waals surface area (Å²) >= 11 is 0. The smallest absolute Gasteiger partial charge is 0.326 e. The Morgan fingerprint density at radius 2 is 1.80 bits per heavy atom. The lowest BCUT2D eigenvalue weighted by Crippen LogP contribution is -2.58. The van der Waals surface area contributed by atoms with E-state index in [1.807, 2.05) is 6.92 Å². The van der Waals surface area contributed by atoms with E-state index in [0.29, 0.717) is 12.8 Å². The number of likely N-dealkylation sites (tertiary alicyclic amines) is 1. The maximum Gasteiger partial charge on any atom is 0.326 e. The van der Waals surface area contributed by atoms with Crippen molar-refractivity contribution in [3.8, 4) is 0 Å². The highest BCUT2D eigenvalue weighted by molar-refractivity contribution is 5.95. The van der Waals surface area contributed by atoms with E-state index in [4.69, 9.17) is 21.1 Å². The van der Waals surface area contributed by atoms with E-state index in [1.165, 1.54) is 4.90 Å². The second kappa shape index (κ2) is 11.5. The number of hydrogen-bond acceptors (Lipinski definition) is 7. The maximum absolute atomic E-state index is 13.1. The first kappa shape index (κ1) is 25.3. The zero-order valence-corrected chi connectivity index (χ0v) is 17.0. The molecular weight excluding hydrogens is 400 g/mol. The van der Waals surface area contributed by atoms with Gasteiger partial charge in [0.1, 0.15) is 24.2 Å². The van der Waals surface area contributed by atoms with Gasteiger partial charge in [0.2, 0.25) is 17.7 Å². The fourth-order valence-corrected chi connectivity index (χ4v) is 3.15. The quantitative estimate of drug-likeness (QED) is 0.212. The summed E-state index contributed by atoms with van der Waals surface area (Å²) in [6, 6.07) is -4.79. The van der Waals surface area contributed by atoms with Crippen molar-refractivity contribution in [1.29, 1.82) is 0 Å². The summed E-state index contributed by atoms with van der Waals surface area (Å²) in [5, 5.41) is 31.7. The fourth-order valence-electron chi connectivity index (χ4n) is 3.15. The lowest BCUT2D eigenvalue weighted by molar-refractivity contribution is -0.148. The number of carboxylic acids is 2. The zero-order valence-electron chi connectivity index (χ0n) is 17.0. The van der Waals surface area contributed by atoms with Gasteiger partial charge in [-0.05, 0) is 18.8 Å². The molecule has 0 spiro atoms. The second-order valence-corrected chi connectivity index (χ2v) is 7.35. The minimum atomic E-state index is -1.62.